The molecule has 0 radical (unpaired) electrons. The summed E-state index contributed by atoms with van der Waals surface area (Å²) < 4.78 is 2.05. The van der Waals surface area contributed by atoms with Crippen LogP contribution in [0.1, 0.15) is 192 Å². The van der Waals surface area contributed by atoms with Crippen LogP contribution in [0.2, 0.25) is 0 Å². The molecule has 2 aromatic heterocycles. The fraction of sp³-hybridized carbons (Fsp3) is 0.696. The molecule has 0 bridgehead atoms. The zero-order chi connectivity index (χ0) is 38.7. The number of carbonyl (C=O) groups is 2. The van der Waals surface area contributed by atoms with E-state index in [0.29, 0.717) is 36.1 Å². The summed E-state index contributed by atoms with van der Waals surface area (Å²) in [6.07, 6.45) is 29.8. The summed E-state index contributed by atoms with van der Waals surface area (Å²) in [7, 11) is 0. The molecule has 0 aromatic carbocycles. The van der Waals surface area contributed by atoms with Crippen LogP contribution in [0.5, 0.6) is 0 Å². The van der Waals surface area contributed by atoms with E-state index in [0.717, 1.165) is 54.4 Å². The highest BCUT2D eigenvalue weighted by Crippen LogP contribution is 2.50. The Morgan fingerprint density at radius 3 is 1.06 bits per heavy atom. The summed E-state index contributed by atoms with van der Waals surface area (Å²) in [4.78, 5) is 36.3. The number of carbonyl (C=O) groups excluding carboxylic acids is 2. The molecule has 2 atom stereocenters. The van der Waals surface area contributed by atoms with Crippen molar-refractivity contribution < 1.29 is 9.59 Å². The molecule has 4 rings (SSSR count). The van der Waals surface area contributed by atoms with Gasteiger partial charge in [-0.1, -0.05) is 156 Å². The second kappa shape index (κ2) is 25.2. The van der Waals surface area contributed by atoms with E-state index in [1.165, 1.54) is 128 Å². The van der Waals surface area contributed by atoms with E-state index in [-0.39, 0.29) is 11.8 Å². The number of hydrogen-bond donors (Lipinski definition) is 0. The number of fused-ring (bicyclic) bond motifs is 1. The molecule has 4 nitrogen and oxygen atoms in total. The Morgan fingerprint density at radius 2 is 0.759 bits per heavy atom. The molecule has 8 heteroatoms. The molecule has 2 aromatic rings. The lowest BCUT2D eigenvalue weighted by Crippen LogP contribution is -2.34. The van der Waals surface area contributed by atoms with Gasteiger partial charge in [-0.25, -0.2) is 0 Å². The minimum atomic E-state index is 0.0248. The summed E-state index contributed by atoms with van der Waals surface area (Å²) in [5.74, 6) is 0.894. The van der Waals surface area contributed by atoms with Crippen LogP contribution < -0.4 is 0 Å². The Balaban J connectivity index is 1.69. The van der Waals surface area contributed by atoms with Crippen LogP contribution in [-0.4, -0.2) is 34.7 Å². The second-order valence-corrected chi connectivity index (χ2v) is 21.0. The predicted molar refractivity (Wildman–Crippen MR) is 242 cm³/mol. The van der Waals surface area contributed by atoms with Gasteiger partial charge in [0.1, 0.15) is 0 Å². The van der Waals surface area contributed by atoms with Crippen molar-refractivity contribution >= 4 is 77.7 Å². The lowest BCUT2D eigenvalue weighted by atomic mass is 9.93. The summed E-state index contributed by atoms with van der Waals surface area (Å²) in [5.41, 5.74) is 2.98. The molecule has 54 heavy (non-hydrogen) atoms. The van der Waals surface area contributed by atoms with Gasteiger partial charge in [-0.3, -0.25) is 9.59 Å². The topological polar surface area (TPSA) is 40.6 Å². The predicted octanol–water partition coefficient (Wildman–Crippen LogP) is 15.8. The van der Waals surface area contributed by atoms with Gasteiger partial charge in [0, 0.05) is 13.1 Å². The fourth-order valence-corrected chi connectivity index (χ4v) is 11.3. The molecular formula is C46H70Br2N2O2S2. The van der Waals surface area contributed by atoms with Crippen molar-refractivity contribution in [2.75, 3.05) is 13.1 Å². The van der Waals surface area contributed by atoms with E-state index in [4.69, 9.17) is 0 Å². The third kappa shape index (κ3) is 13.4. The second-order valence-electron chi connectivity index (χ2n) is 16.0. The largest absolute Gasteiger partial charge is 0.306 e. The maximum absolute atomic E-state index is 15.1. The van der Waals surface area contributed by atoms with Crippen LogP contribution in [0, 0.1) is 11.8 Å². The first kappa shape index (κ1) is 45.5. The summed E-state index contributed by atoms with van der Waals surface area (Å²) >= 11 is 10.7. The molecule has 2 unspecified atom stereocenters. The van der Waals surface area contributed by atoms with Gasteiger partial charge in [0.15, 0.2) is 0 Å². The van der Waals surface area contributed by atoms with Gasteiger partial charge in [0.2, 0.25) is 0 Å². The Kier molecular flexibility index (Phi) is 21.2. The van der Waals surface area contributed by atoms with Crippen LogP contribution in [-0.2, 0) is 9.59 Å². The molecule has 0 spiro atoms. The van der Waals surface area contributed by atoms with E-state index >= 15 is 9.59 Å². The molecule has 2 amide bonds. The smallest absolute Gasteiger partial charge is 0.261 e. The van der Waals surface area contributed by atoms with Crippen LogP contribution >= 0.6 is 54.5 Å². The number of hydrogen-bond acceptors (Lipinski definition) is 4. The highest BCUT2D eigenvalue weighted by atomic mass is 79.9. The first-order valence-electron chi connectivity index (χ1n) is 22.0. The number of unbranched alkanes of at least 4 members (excludes halogenated alkanes) is 16. The number of thiophene rings is 2. The number of amides is 2. The van der Waals surface area contributed by atoms with Crippen LogP contribution in [0.3, 0.4) is 0 Å². The maximum atomic E-state index is 15.1. The Hall–Kier alpha value is -1.22. The molecule has 2 aliphatic rings. The van der Waals surface area contributed by atoms with E-state index in [9.17, 15) is 0 Å². The first-order valence-corrected chi connectivity index (χ1v) is 25.2. The van der Waals surface area contributed by atoms with Gasteiger partial charge < -0.3 is 9.80 Å². The summed E-state index contributed by atoms with van der Waals surface area (Å²) in [6, 6.07) is 8.35. The third-order valence-electron chi connectivity index (χ3n) is 11.5. The third-order valence-corrected chi connectivity index (χ3v) is 14.8. The minimum absolute atomic E-state index is 0.0248. The van der Waals surface area contributed by atoms with Crippen molar-refractivity contribution in [3.63, 3.8) is 0 Å². The molecule has 0 saturated carbocycles. The molecule has 0 saturated heterocycles. The van der Waals surface area contributed by atoms with Crippen LogP contribution in [0.4, 0.5) is 0 Å². The molecular weight excluding hydrogens is 836 g/mol. The van der Waals surface area contributed by atoms with Crippen molar-refractivity contribution in [1.29, 1.82) is 0 Å². The highest BCUT2D eigenvalue weighted by molar-refractivity contribution is 9.11. The van der Waals surface area contributed by atoms with E-state index in [1.54, 1.807) is 22.7 Å². The van der Waals surface area contributed by atoms with Crippen molar-refractivity contribution in [2.45, 2.75) is 182 Å². The fourth-order valence-electron chi connectivity index (χ4n) is 8.46. The monoisotopic (exact) mass is 904 g/mol. The standard InChI is InChI=1S/C46H70Br2N2O2S2/c1-5-9-13-17-19-23-27-35(25-21-15-11-7-3)33-49-43(37-29-31-39(47)53-37)41-42(45(49)51)44(38-30-32-40(48)54-38)50(46(41)52)34-36(26-22-16-12-8-4)28-24-20-18-14-10-6-2/h29-32,35-36H,5-28,33-34H2,1-4H3. The van der Waals surface area contributed by atoms with Gasteiger partial charge in [0.25, 0.3) is 11.8 Å². The highest BCUT2D eigenvalue weighted by Gasteiger charge is 2.50. The summed E-state index contributed by atoms with van der Waals surface area (Å²) in [6.45, 7) is 10.5. The van der Waals surface area contributed by atoms with Crippen LogP contribution in [0.15, 0.2) is 43.0 Å². The van der Waals surface area contributed by atoms with Crippen molar-refractivity contribution in [2.24, 2.45) is 11.8 Å². The first-order chi connectivity index (χ1) is 26.3. The van der Waals surface area contributed by atoms with Gasteiger partial charge >= 0.3 is 0 Å². The molecule has 302 valence electrons. The average Bonchev–Trinajstić information content (AvgIpc) is 3.92. The normalized spacial score (nSPS) is 15.7. The van der Waals surface area contributed by atoms with E-state index in [1.807, 2.05) is 9.80 Å². The number of halogens is 2. The van der Waals surface area contributed by atoms with Crippen molar-refractivity contribution in [3.8, 4) is 0 Å². The van der Waals surface area contributed by atoms with Gasteiger partial charge in [0.05, 0.1) is 39.9 Å². The molecule has 0 fully saturated rings. The number of rotatable bonds is 30. The average molecular weight is 907 g/mol. The Morgan fingerprint density at radius 1 is 0.463 bits per heavy atom. The van der Waals surface area contributed by atoms with E-state index < -0.39 is 0 Å². The molecule has 0 N–H and O–H groups in total. The lowest BCUT2D eigenvalue weighted by Gasteiger charge is -2.29. The molecule has 0 aliphatic carbocycles. The molecule has 4 heterocycles. The van der Waals surface area contributed by atoms with Crippen molar-refractivity contribution in [1.82, 2.24) is 9.80 Å². The van der Waals surface area contributed by atoms with Gasteiger partial charge in [-0.2, -0.15) is 0 Å². The Labute approximate surface area is 354 Å². The zero-order valence-corrected chi connectivity index (χ0v) is 38.9. The van der Waals surface area contributed by atoms with Gasteiger partial charge in [-0.15, -0.1) is 22.7 Å². The molecule has 2 aliphatic heterocycles. The SMILES string of the molecule is CCCCCCCCC(CCCCCC)CN1C(=O)C2=C(c3ccc(Br)s3)N(CC(CCCCCC)CCCCCCCC)C(=O)C2=C1c1ccc(Br)s1. The maximum Gasteiger partial charge on any atom is 0.261 e. The Bertz CT molecular complexity index is 1380. The summed E-state index contributed by atoms with van der Waals surface area (Å²) in [5, 5.41) is 0. The quantitative estimate of drug-likeness (QED) is 0.0733. The van der Waals surface area contributed by atoms with Crippen molar-refractivity contribution in [3.05, 3.63) is 52.7 Å². The number of nitrogens with zero attached hydrogens (tertiary/aromatic N) is 2. The van der Waals surface area contributed by atoms with Gasteiger partial charge in [-0.05, 0) is 93.6 Å². The lowest BCUT2D eigenvalue weighted by molar-refractivity contribution is -0.124. The zero-order valence-electron chi connectivity index (χ0n) is 34.1. The minimum Gasteiger partial charge on any atom is -0.306 e. The van der Waals surface area contributed by atoms with Crippen LogP contribution in [0.25, 0.3) is 11.4 Å². The van der Waals surface area contributed by atoms with E-state index in [2.05, 4.69) is 83.8 Å².